The molecule has 1 aliphatic heterocycles. The number of unbranched alkanes of at least 4 members (excludes halogenated alkanes) is 2. The number of nitrogens with one attached hydrogen (secondary N) is 2. The van der Waals surface area contributed by atoms with E-state index in [0.29, 0.717) is 17.3 Å². The summed E-state index contributed by atoms with van der Waals surface area (Å²) in [7, 11) is 0. The Morgan fingerprint density at radius 2 is 1.89 bits per heavy atom. The molecule has 2 N–H and O–H groups in total. The third-order valence-corrected chi connectivity index (χ3v) is 5.40. The number of likely N-dealkylation sites (tertiary alicyclic amines) is 1. The van der Waals surface area contributed by atoms with Gasteiger partial charge in [0.1, 0.15) is 0 Å². The molecule has 1 saturated heterocycles. The molecule has 150 valence electrons. The quantitative estimate of drug-likeness (QED) is 0.658. The minimum Gasteiger partial charge on any atom is -0.356 e. The molecule has 1 fully saturated rings. The maximum Gasteiger partial charge on any atom is 0.238 e. The Hall–Kier alpha value is -1.59. The van der Waals surface area contributed by atoms with E-state index >= 15 is 0 Å². The van der Waals surface area contributed by atoms with Crippen molar-refractivity contribution >= 4 is 29.1 Å². The van der Waals surface area contributed by atoms with Crippen LogP contribution in [0, 0.1) is 19.8 Å². The molecule has 0 aliphatic carbocycles. The van der Waals surface area contributed by atoms with Crippen molar-refractivity contribution in [3.05, 3.63) is 28.3 Å². The van der Waals surface area contributed by atoms with Gasteiger partial charge in [-0.2, -0.15) is 0 Å². The number of benzene rings is 1. The van der Waals surface area contributed by atoms with Crippen LogP contribution in [0.1, 0.15) is 50.2 Å². The van der Waals surface area contributed by atoms with Crippen molar-refractivity contribution in [3.63, 3.8) is 0 Å². The van der Waals surface area contributed by atoms with Crippen LogP contribution in [0.25, 0.3) is 0 Å². The average molecular weight is 394 g/mol. The number of carbonyl (C=O) groups is 2. The third-order valence-electron chi connectivity index (χ3n) is 5.10. The molecular formula is C21H32ClN3O2. The van der Waals surface area contributed by atoms with Crippen molar-refractivity contribution < 1.29 is 9.59 Å². The standard InChI is InChI=1S/C21H32ClN3O2/c1-4-5-6-9-23-21(27)17-7-10-25(11-8-17)14-19(26)24-20-16(3)12-15(2)13-18(20)22/h12-13,17H,4-11,14H2,1-3H3,(H,23,27)(H,24,26). The monoisotopic (exact) mass is 393 g/mol. The molecule has 0 bridgehead atoms. The van der Waals surface area contributed by atoms with E-state index in [1.165, 1.54) is 0 Å². The van der Waals surface area contributed by atoms with Crippen molar-refractivity contribution in [2.75, 3.05) is 31.5 Å². The van der Waals surface area contributed by atoms with Crippen LogP contribution in [0.4, 0.5) is 5.69 Å². The van der Waals surface area contributed by atoms with Crippen molar-refractivity contribution in [2.24, 2.45) is 5.92 Å². The molecule has 0 aromatic heterocycles. The predicted molar refractivity (Wildman–Crippen MR) is 111 cm³/mol. The fraction of sp³-hybridized carbons (Fsp3) is 0.619. The molecule has 0 spiro atoms. The van der Waals surface area contributed by atoms with E-state index in [1.54, 1.807) is 0 Å². The van der Waals surface area contributed by atoms with E-state index < -0.39 is 0 Å². The van der Waals surface area contributed by atoms with Gasteiger partial charge in [-0.25, -0.2) is 0 Å². The van der Waals surface area contributed by atoms with E-state index in [2.05, 4.69) is 22.5 Å². The van der Waals surface area contributed by atoms with Crippen molar-refractivity contribution in [1.82, 2.24) is 10.2 Å². The first-order valence-corrected chi connectivity index (χ1v) is 10.3. The Morgan fingerprint density at radius 3 is 2.52 bits per heavy atom. The summed E-state index contributed by atoms with van der Waals surface area (Å²) in [5, 5.41) is 6.54. The predicted octanol–water partition coefficient (Wildman–Crippen LogP) is 3.91. The van der Waals surface area contributed by atoms with Crippen LogP contribution in [-0.2, 0) is 9.59 Å². The number of hydrogen-bond donors (Lipinski definition) is 2. The highest BCUT2D eigenvalue weighted by molar-refractivity contribution is 6.34. The second kappa shape index (κ2) is 10.7. The van der Waals surface area contributed by atoms with Gasteiger partial charge in [0, 0.05) is 12.5 Å². The fourth-order valence-electron chi connectivity index (χ4n) is 3.54. The van der Waals surface area contributed by atoms with Gasteiger partial charge in [-0.3, -0.25) is 14.5 Å². The molecule has 0 atom stereocenters. The minimum atomic E-state index is -0.0636. The molecule has 1 aliphatic rings. The van der Waals surface area contributed by atoms with Crippen LogP contribution in [0.3, 0.4) is 0 Å². The molecule has 5 nitrogen and oxygen atoms in total. The van der Waals surface area contributed by atoms with Crippen molar-refractivity contribution in [1.29, 1.82) is 0 Å². The zero-order chi connectivity index (χ0) is 19.8. The summed E-state index contributed by atoms with van der Waals surface area (Å²) in [6.07, 6.45) is 4.96. The van der Waals surface area contributed by atoms with Crippen LogP contribution in [0.15, 0.2) is 12.1 Å². The number of anilines is 1. The topological polar surface area (TPSA) is 61.4 Å². The molecule has 1 aromatic carbocycles. The van der Waals surface area contributed by atoms with E-state index in [0.717, 1.165) is 62.9 Å². The second-order valence-corrected chi connectivity index (χ2v) is 7.94. The largest absolute Gasteiger partial charge is 0.356 e. The molecule has 6 heteroatoms. The van der Waals surface area contributed by atoms with Crippen LogP contribution < -0.4 is 10.6 Å². The fourth-order valence-corrected chi connectivity index (χ4v) is 3.91. The molecule has 0 radical (unpaired) electrons. The van der Waals surface area contributed by atoms with Gasteiger partial charge < -0.3 is 10.6 Å². The zero-order valence-electron chi connectivity index (χ0n) is 16.7. The maximum atomic E-state index is 12.4. The van der Waals surface area contributed by atoms with Gasteiger partial charge in [-0.1, -0.05) is 37.4 Å². The minimum absolute atomic E-state index is 0.0636. The molecule has 0 unspecified atom stereocenters. The van der Waals surface area contributed by atoms with Gasteiger partial charge in [0.25, 0.3) is 0 Å². The lowest BCUT2D eigenvalue weighted by Gasteiger charge is -2.30. The Kier molecular flexibility index (Phi) is 8.58. The Balaban J connectivity index is 1.75. The lowest BCUT2D eigenvalue weighted by molar-refractivity contribution is -0.126. The van der Waals surface area contributed by atoms with E-state index in [1.807, 2.05) is 26.0 Å². The van der Waals surface area contributed by atoms with Gasteiger partial charge in [0.2, 0.25) is 11.8 Å². The van der Waals surface area contributed by atoms with Crippen molar-refractivity contribution in [2.45, 2.75) is 52.9 Å². The SMILES string of the molecule is CCCCCNC(=O)C1CCN(CC(=O)Nc2c(C)cc(C)cc2Cl)CC1. The number of amides is 2. The molecule has 2 rings (SSSR count). The molecular weight excluding hydrogens is 362 g/mol. The zero-order valence-corrected chi connectivity index (χ0v) is 17.5. The molecule has 0 saturated carbocycles. The van der Waals surface area contributed by atoms with Crippen LogP contribution in [-0.4, -0.2) is 42.9 Å². The first kappa shape index (κ1) is 21.7. The van der Waals surface area contributed by atoms with E-state index in [4.69, 9.17) is 11.6 Å². The Bertz CT molecular complexity index is 632. The maximum absolute atomic E-state index is 12.4. The van der Waals surface area contributed by atoms with Crippen LogP contribution in [0.5, 0.6) is 0 Å². The number of halogens is 1. The van der Waals surface area contributed by atoms with E-state index in [-0.39, 0.29) is 17.7 Å². The van der Waals surface area contributed by atoms with Gasteiger partial charge in [0.15, 0.2) is 0 Å². The molecule has 27 heavy (non-hydrogen) atoms. The highest BCUT2D eigenvalue weighted by Crippen LogP contribution is 2.27. The third kappa shape index (κ3) is 6.82. The van der Waals surface area contributed by atoms with Gasteiger partial charge in [0.05, 0.1) is 17.3 Å². The Labute approximate surface area is 167 Å². The molecule has 2 amide bonds. The summed E-state index contributed by atoms with van der Waals surface area (Å²) in [6.45, 7) is 8.71. The first-order valence-electron chi connectivity index (χ1n) is 9.97. The lowest BCUT2D eigenvalue weighted by Crippen LogP contribution is -2.43. The van der Waals surface area contributed by atoms with Gasteiger partial charge >= 0.3 is 0 Å². The van der Waals surface area contributed by atoms with E-state index in [9.17, 15) is 9.59 Å². The van der Waals surface area contributed by atoms with Crippen LogP contribution >= 0.6 is 11.6 Å². The summed E-state index contributed by atoms with van der Waals surface area (Å²) in [6, 6.07) is 3.86. The first-order chi connectivity index (χ1) is 12.9. The normalized spacial score (nSPS) is 15.6. The smallest absolute Gasteiger partial charge is 0.238 e. The number of piperidine rings is 1. The van der Waals surface area contributed by atoms with Gasteiger partial charge in [-0.15, -0.1) is 0 Å². The summed E-state index contributed by atoms with van der Waals surface area (Å²) in [4.78, 5) is 26.7. The summed E-state index contributed by atoms with van der Waals surface area (Å²) < 4.78 is 0. The van der Waals surface area contributed by atoms with Gasteiger partial charge in [-0.05, 0) is 63.4 Å². The highest BCUT2D eigenvalue weighted by atomic mass is 35.5. The Morgan fingerprint density at radius 1 is 1.19 bits per heavy atom. The average Bonchev–Trinajstić information content (AvgIpc) is 2.62. The lowest BCUT2D eigenvalue weighted by atomic mass is 9.96. The van der Waals surface area contributed by atoms with Crippen LogP contribution in [0.2, 0.25) is 5.02 Å². The van der Waals surface area contributed by atoms with Crippen molar-refractivity contribution in [3.8, 4) is 0 Å². The molecule has 1 heterocycles. The number of carbonyl (C=O) groups excluding carboxylic acids is 2. The summed E-state index contributed by atoms with van der Waals surface area (Å²) in [5.74, 6) is 0.170. The second-order valence-electron chi connectivity index (χ2n) is 7.54. The number of aryl methyl sites for hydroxylation is 2. The number of hydrogen-bond acceptors (Lipinski definition) is 3. The summed E-state index contributed by atoms with van der Waals surface area (Å²) in [5.41, 5.74) is 2.73. The summed E-state index contributed by atoms with van der Waals surface area (Å²) >= 11 is 6.26. The molecule has 1 aromatic rings. The number of rotatable bonds is 8. The number of nitrogens with zero attached hydrogens (tertiary/aromatic N) is 1. The highest BCUT2D eigenvalue weighted by Gasteiger charge is 2.25.